The Hall–Kier alpha value is -8.20. The third-order valence-electron chi connectivity index (χ3n) is 12.5. The first kappa shape index (κ1) is 35.7. The maximum atomic E-state index is 6.81. The Morgan fingerprint density at radius 2 is 0.823 bits per heavy atom. The monoisotopic (exact) mass is 789 g/mol. The van der Waals surface area contributed by atoms with Crippen LogP contribution in [0.5, 0.6) is 0 Å². The molecule has 0 N–H and O–H groups in total. The molecule has 0 unspecified atom stereocenters. The molecule has 0 aliphatic carbocycles. The van der Waals surface area contributed by atoms with Gasteiger partial charge >= 0.3 is 0 Å². The fraction of sp³-hybridized carbons (Fsp3) is 0. The van der Waals surface area contributed by atoms with Crippen LogP contribution < -0.4 is 4.90 Å². The lowest BCUT2D eigenvalue weighted by Crippen LogP contribution is -2.11. The van der Waals surface area contributed by atoms with E-state index in [-0.39, 0.29) is 0 Å². The van der Waals surface area contributed by atoms with E-state index in [1.165, 1.54) is 60.1 Å². The molecule has 0 spiro atoms. The van der Waals surface area contributed by atoms with Crippen molar-refractivity contribution in [2.75, 3.05) is 4.90 Å². The Kier molecular flexibility index (Phi) is 8.53. The lowest BCUT2D eigenvalue weighted by Gasteiger charge is -2.28. The Labute approximate surface area is 360 Å². The van der Waals surface area contributed by atoms with Gasteiger partial charge in [-0.2, -0.15) is 0 Å². The van der Waals surface area contributed by atoms with Crippen molar-refractivity contribution in [1.29, 1.82) is 0 Å². The van der Waals surface area contributed by atoms with Gasteiger partial charge in [0, 0.05) is 33.3 Å². The van der Waals surface area contributed by atoms with Crippen LogP contribution in [-0.4, -0.2) is 0 Å². The van der Waals surface area contributed by atoms with Crippen LogP contribution in [0.1, 0.15) is 0 Å². The number of para-hydroxylation sites is 2. The van der Waals surface area contributed by atoms with E-state index in [1.54, 1.807) is 0 Å². The summed E-state index contributed by atoms with van der Waals surface area (Å²) in [4.78, 5) is 2.38. The third-order valence-corrected chi connectivity index (χ3v) is 12.5. The number of hydrogen-bond acceptors (Lipinski definition) is 2. The van der Waals surface area contributed by atoms with Crippen molar-refractivity contribution in [1.82, 2.24) is 0 Å². The van der Waals surface area contributed by atoms with Crippen molar-refractivity contribution in [3.05, 3.63) is 237 Å². The maximum absolute atomic E-state index is 6.81. The van der Waals surface area contributed by atoms with E-state index in [4.69, 9.17) is 4.42 Å². The van der Waals surface area contributed by atoms with E-state index in [2.05, 4.69) is 241 Å². The third kappa shape index (κ3) is 6.12. The molecule has 0 saturated heterocycles. The fourth-order valence-corrected chi connectivity index (χ4v) is 9.41. The summed E-state index contributed by atoms with van der Waals surface area (Å²) in [5, 5.41) is 9.65. The minimum absolute atomic E-state index is 0.887. The highest BCUT2D eigenvalue weighted by molar-refractivity contribution is 6.14. The minimum atomic E-state index is 0.887. The zero-order valence-corrected chi connectivity index (χ0v) is 33.9. The molecule has 1 heterocycles. The summed E-state index contributed by atoms with van der Waals surface area (Å²) < 4.78 is 6.81. The summed E-state index contributed by atoms with van der Waals surface area (Å²) in [7, 11) is 0. The number of hydrogen-bond donors (Lipinski definition) is 0. The van der Waals surface area contributed by atoms with Gasteiger partial charge in [0.1, 0.15) is 11.2 Å². The quantitative estimate of drug-likeness (QED) is 0.150. The maximum Gasteiger partial charge on any atom is 0.143 e. The molecular weight excluding hydrogens is 751 g/mol. The van der Waals surface area contributed by atoms with Crippen LogP contribution in [0.15, 0.2) is 241 Å². The number of fused-ring (bicyclic) bond motifs is 7. The van der Waals surface area contributed by atoms with E-state index < -0.39 is 0 Å². The summed E-state index contributed by atoms with van der Waals surface area (Å²) in [6, 6.07) is 85.4. The second-order valence-corrected chi connectivity index (χ2v) is 16.1. The molecule has 290 valence electrons. The predicted octanol–water partition coefficient (Wildman–Crippen LogP) is 17.2. The van der Waals surface area contributed by atoms with Crippen LogP contribution in [0, 0.1) is 0 Å². The normalized spacial score (nSPS) is 11.5. The van der Waals surface area contributed by atoms with Crippen LogP contribution in [0.3, 0.4) is 0 Å². The van der Waals surface area contributed by atoms with Gasteiger partial charge < -0.3 is 9.32 Å². The summed E-state index contributed by atoms with van der Waals surface area (Å²) in [6.07, 6.45) is 0. The molecule has 12 rings (SSSR count). The molecule has 0 fully saturated rings. The number of benzene rings is 11. The lowest BCUT2D eigenvalue weighted by atomic mass is 9.94. The van der Waals surface area contributed by atoms with Crippen molar-refractivity contribution < 1.29 is 4.42 Å². The van der Waals surface area contributed by atoms with Crippen molar-refractivity contribution in [2.24, 2.45) is 0 Å². The first-order chi connectivity index (χ1) is 30.7. The highest BCUT2D eigenvalue weighted by Crippen LogP contribution is 2.45. The summed E-state index contributed by atoms with van der Waals surface area (Å²) in [6.45, 7) is 0. The molecule has 62 heavy (non-hydrogen) atoms. The van der Waals surface area contributed by atoms with Crippen molar-refractivity contribution in [3.63, 3.8) is 0 Å². The second kappa shape index (κ2) is 14.8. The molecule has 0 aliphatic heterocycles. The molecule has 2 heteroatoms. The van der Waals surface area contributed by atoms with Crippen LogP contribution in [-0.2, 0) is 0 Å². The highest BCUT2D eigenvalue weighted by Gasteiger charge is 2.21. The molecule has 0 radical (unpaired) electrons. The average Bonchev–Trinajstić information content (AvgIpc) is 3.71. The molecule has 1 aromatic heterocycles. The Morgan fingerprint density at radius 1 is 0.274 bits per heavy atom. The van der Waals surface area contributed by atoms with Gasteiger partial charge in [-0.05, 0) is 114 Å². The lowest BCUT2D eigenvalue weighted by molar-refractivity contribution is 0.670. The molecule has 0 aliphatic rings. The SMILES string of the molecule is c1ccc(-c2cccc(-c3ccc(N(c4ccc(-c5cccc6c5ccc5ccccc56)cc4)c4ccccc4-c4cccc5c4oc4cc6ccccc6cc45)cc3)c2)cc1. The number of anilines is 3. The first-order valence-electron chi connectivity index (χ1n) is 21.2. The zero-order valence-electron chi connectivity index (χ0n) is 33.9. The molecule has 0 amide bonds. The van der Waals surface area contributed by atoms with E-state index in [9.17, 15) is 0 Å². The van der Waals surface area contributed by atoms with Gasteiger partial charge in [0.25, 0.3) is 0 Å². The molecular formula is C60H39NO. The minimum Gasteiger partial charge on any atom is -0.455 e. The molecule has 0 atom stereocenters. The van der Waals surface area contributed by atoms with Crippen molar-refractivity contribution in [2.45, 2.75) is 0 Å². The van der Waals surface area contributed by atoms with Crippen molar-refractivity contribution >= 4 is 71.3 Å². The van der Waals surface area contributed by atoms with Gasteiger partial charge in [0.15, 0.2) is 0 Å². The fourth-order valence-electron chi connectivity index (χ4n) is 9.41. The second-order valence-electron chi connectivity index (χ2n) is 16.1. The molecule has 0 bridgehead atoms. The van der Waals surface area contributed by atoms with Crippen LogP contribution in [0.2, 0.25) is 0 Å². The van der Waals surface area contributed by atoms with Gasteiger partial charge in [0.2, 0.25) is 0 Å². The summed E-state index contributed by atoms with van der Waals surface area (Å²) >= 11 is 0. The average molecular weight is 790 g/mol. The van der Waals surface area contributed by atoms with E-state index in [0.717, 1.165) is 55.7 Å². The number of furan rings is 1. The summed E-state index contributed by atoms with van der Waals surface area (Å²) in [5.74, 6) is 0. The Balaban J connectivity index is 1.00. The van der Waals surface area contributed by atoms with E-state index >= 15 is 0 Å². The topological polar surface area (TPSA) is 16.4 Å². The van der Waals surface area contributed by atoms with Crippen molar-refractivity contribution in [3.8, 4) is 44.5 Å². The predicted molar refractivity (Wildman–Crippen MR) is 263 cm³/mol. The molecule has 12 aromatic rings. The Bertz CT molecular complexity index is 3620. The smallest absolute Gasteiger partial charge is 0.143 e. The van der Waals surface area contributed by atoms with Gasteiger partial charge in [-0.15, -0.1) is 0 Å². The van der Waals surface area contributed by atoms with Gasteiger partial charge in [-0.1, -0.05) is 188 Å². The molecule has 0 saturated carbocycles. The standard InChI is InChI=1S/C60H39NO/c1-2-13-40(14-3-1)44-18-10-19-45(37-44)41-27-32-48(33-28-41)61(49-34-29-43(30-35-49)51-22-11-23-52-50-20-7-6-15-42(50)31-36-53(51)52)58-26-9-8-21-54(58)55-24-12-25-56-57-38-46-16-4-5-17-47(46)39-59(57)62-60(55)56/h1-39H. The van der Waals surface area contributed by atoms with Crippen LogP contribution in [0.25, 0.3) is 98.8 Å². The zero-order chi connectivity index (χ0) is 41.0. The van der Waals surface area contributed by atoms with Crippen LogP contribution in [0.4, 0.5) is 17.1 Å². The number of rotatable bonds is 7. The molecule has 11 aromatic carbocycles. The van der Waals surface area contributed by atoms with Gasteiger partial charge in [-0.3, -0.25) is 0 Å². The number of nitrogens with zero attached hydrogens (tertiary/aromatic N) is 1. The molecule has 2 nitrogen and oxygen atoms in total. The Morgan fingerprint density at radius 3 is 1.60 bits per heavy atom. The first-order valence-corrected chi connectivity index (χ1v) is 21.2. The highest BCUT2D eigenvalue weighted by atomic mass is 16.3. The van der Waals surface area contributed by atoms with E-state index in [1.807, 2.05) is 0 Å². The van der Waals surface area contributed by atoms with Gasteiger partial charge in [-0.25, -0.2) is 0 Å². The van der Waals surface area contributed by atoms with Crippen LogP contribution >= 0.6 is 0 Å². The largest absolute Gasteiger partial charge is 0.455 e. The van der Waals surface area contributed by atoms with Gasteiger partial charge in [0.05, 0.1) is 5.69 Å². The summed E-state index contributed by atoms with van der Waals surface area (Å²) in [5.41, 5.74) is 14.3. The van der Waals surface area contributed by atoms with E-state index in [0.29, 0.717) is 0 Å².